The van der Waals surface area contributed by atoms with E-state index in [1.165, 1.54) is 4.90 Å². The van der Waals surface area contributed by atoms with Gasteiger partial charge in [0.15, 0.2) is 0 Å². The van der Waals surface area contributed by atoms with Crippen LogP contribution in [0.1, 0.15) is 30.1 Å². The summed E-state index contributed by atoms with van der Waals surface area (Å²) in [5, 5.41) is 2.26. The Morgan fingerprint density at radius 2 is 2.21 bits per heavy atom. The van der Waals surface area contributed by atoms with Crippen LogP contribution in [0.15, 0.2) is 22.6 Å². The summed E-state index contributed by atoms with van der Waals surface area (Å²) in [5.41, 5.74) is 1.26. The summed E-state index contributed by atoms with van der Waals surface area (Å²) in [4.78, 5) is 36.8. The van der Waals surface area contributed by atoms with E-state index in [9.17, 15) is 14.4 Å². The molecule has 3 rings (SSSR count). The number of hydrogen-bond donors (Lipinski definition) is 1. The first kappa shape index (κ1) is 11.2. The van der Waals surface area contributed by atoms with Gasteiger partial charge in [-0.05, 0) is 24.1 Å². The Kier molecular flexibility index (Phi) is 2.61. The van der Waals surface area contributed by atoms with Gasteiger partial charge in [-0.15, -0.1) is 0 Å². The molecular weight excluding hydrogens is 312 g/mol. The van der Waals surface area contributed by atoms with Crippen LogP contribution in [-0.4, -0.2) is 28.7 Å². The van der Waals surface area contributed by atoms with Crippen LogP contribution < -0.4 is 5.32 Å². The van der Waals surface area contributed by atoms with Gasteiger partial charge in [0.05, 0.1) is 1.37 Å². The van der Waals surface area contributed by atoms with Crippen LogP contribution in [0, 0.1) is 0 Å². The molecular formula is C13H11BrN2O3. The lowest BCUT2D eigenvalue weighted by Gasteiger charge is -2.29. The molecule has 0 aliphatic carbocycles. The van der Waals surface area contributed by atoms with E-state index in [-0.39, 0.29) is 18.2 Å². The zero-order valence-corrected chi connectivity index (χ0v) is 11.5. The summed E-state index contributed by atoms with van der Waals surface area (Å²) in [6.07, 6.45) is 0.587. The van der Waals surface area contributed by atoms with Crippen LogP contribution >= 0.6 is 15.9 Å². The number of nitrogens with one attached hydrogen (secondary N) is 1. The van der Waals surface area contributed by atoms with E-state index < -0.39 is 11.9 Å². The van der Waals surface area contributed by atoms with Crippen LogP contribution in [0.25, 0.3) is 0 Å². The van der Waals surface area contributed by atoms with E-state index in [2.05, 4.69) is 21.2 Å². The molecule has 1 fully saturated rings. The maximum absolute atomic E-state index is 12.4. The second-order valence-corrected chi connectivity index (χ2v) is 5.47. The van der Waals surface area contributed by atoms with E-state index in [1.54, 1.807) is 12.1 Å². The predicted octanol–water partition coefficient (Wildman–Crippen LogP) is 1.21. The Morgan fingerprint density at radius 3 is 2.95 bits per heavy atom. The lowest BCUT2D eigenvalue weighted by atomic mass is 10.0. The molecule has 5 nitrogen and oxygen atoms in total. The fourth-order valence-corrected chi connectivity index (χ4v) is 2.81. The molecule has 3 amide bonds. The normalized spacial score (nSPS) is 23.2. The first-order chi connectivity index (χ1) is 9.47. The average Bonchev–Trinajstić information content (AvgIpc) is 2.68. The highest BCUT2D eigenvalue weighted by Gasteiger charge is 2.38. The minimum absolute atomic E-state index is 0.227. The van der Waals surface area contributed by atoms with Crippen molar-refractivity contribution in [2.45, 2.75) is 25.4 Å². The topological polar surface area (TPSA) is 66.5 Å². The summed E-state index contributed by atoms with van der Waals surface area (Å²) >= 11 is 3.23. The predicted molar refractivity (Wildman–Crippen MR) is 70.2 cm³/mol. The molecule has 2 aliphatic heterocycles. The Balaban J connectivity index is 1.90. The number of amides is 3. The third-order valence-corrected chi connectivity index (χ3v) is 3.88. The second kappa shape index (κ2) is 4.45. The highest BCUT2D eigenvalue weighted by molar-refractivity contribution is 9.10. The smallest absolute Gasteiger partial charge is 0.255 e. The number of piperidine rings is 1. The Hall–Kier alpha value is -1.69. The lowest BCUT2D eigenvalue weighted by molar-refractivity contribution is -0.136. The van der Waals surface area contributed by atoms with Gasteiger partial charge in [-0.3, -0.25) is 19.7 Å². The van der Waals surface area contributed by atoms with Gasteiger partial charge in [-0.25, -0.2) is 0 Å². The Labute approximate surface area is 119 Å². The minimum atomic E-state index is -0.611. The number of nitrogens with zero attached hydrogens (tertiary/aromatic N) is 1. The van der Waals surface area contributed by atoms with Crippen LogP contribution in [-0.2, 0) is 16.1 Å². The van der Waals surface area contributed by atoms with Gasteiger partial charge in [0.1, 0.15) is 6.04 Å². The van der Waals surface area contributed by atoms with Crippen molar-refractivity contribution in [3.05, 3.63) is 33.8 Å². The van der Waals surface area contributed by atoms with Crippen molar-refractivity contribution in [3.8, 4) is 0 Å². The van der Waals surface area contributed by atoms with Gasteiger partial charge >= 0.3 is 0 Å². The first-order valence-corrected chi connectivity index (χ1v) is 6.70. The van der Waals surface area contributed by atoms with Crippen LogP contribution in [0.4, 0.5) is 0 Å². The molecule has 1 aromatic carbocycles. The third kappa shape index (κ3) is 2.06. The average molecular weight is 324 g/mol. The molecule has 0 saturated carbocycles. The Bertz CT molecular complexity index is 647. The lowest BCUT2D eigenvalue weighted by Crippen LogP contribution is -2.52. The zero-order valence-electron chi connectivity index (χ0n) is 10.9. The summed E-state index contributed by atoms with van der Waals surface area (Å²) in [6.45, 7) is 0.305. The minimum Gasteiger partial charge on any atom is -0.322 e. The third-order valence-electron chi connectivity index (χ3n) is 3.42. The van der Waals surface area contributed by atoms with Gasteiger partial charge in [0.25, 0.3) is 5.91 Å². The molecule has 98 valence electrons. The summed E-state index contributed by atoms with van der Waals surface area (Å²) in [6, 6.07) is 2.94. The maximum Gasteiger partial charge on any atom is 0.255 e. The molecule has 0 aromatic heterocycles. The molecule has 19 heavy (non-hydrogen) atoms. The molecule has 0 spiro atoms. The molecule has 2 aliphatic rings. The van der Waals surface area contributed by atoms with Gasteiger partial charge in [-0.2, -0.15) is 0 Å². The highest BCUT2D eigenvalue weighted by Crippen LogP contribution is 2.29. The molecule has 1 atom stereocenters. The van der Waals surface area contributed by atoms with Crippen molar-refractivity contribution in [1.82, 2.24) is 10.2 Å². The van der Waals surface area contributed by atoms with Crippen molar-refractivity contribution >= 4 is 33.7 Å². The SMILES string of the molecule is [2H]c1cc2c(cc1Br)C(=O)N(C1CCC(=O)NC1=O)C2. The summed E-state index contributed by atoms with van der Waals surface area (Å²) in [5.74, 6) is -0.950. The van der Waals surface area contributed by atoms with E-state index >= 15 is 0 Å². The van der Waals surface area contributed by atoms with E-state index in [0.29, 0.717) is 29.0 Å². The largest absolute Gasteiger partial charge is 0.322 e. The number of carbonyl (C=O) groups is 3. The van der Waals surface area contributed by atoms with E-state index in [4.69, 9.17) is 1.37 Å². The standard InChI is InChI=1S/C13H11BrN2O3/c14-8-2-1-7-6-16(13(19)9(7)5-8)10-3-4-11(17)15-12(10)18/h1-2,5,10H,3-4,6H2,(H,15,17,18)/i2D. The quantitative estimate of drug-likeness (QED) is 0.790. The number of halogens is 1. The van der Waals surface area contributed by atoms with Crippen molar-refractivity contribution in [1.29, 1.82) is 0 Å². The highest BCUT2D eigenvalue weighted by atomic mass is 79.9. The van der Waals surface area contributed by atoms with E-state index in [1.807, 2.05) is 0 Å². The monoisotopic (exact) mass is 323 g/mol. The van der Waals surface area contributed by atoms with Crippen molar-refractivity contribution in [3.63, 3.8) is 0 Å². The molecule has 0 radical (unpaired) electrons. The molecule has 2 heterocycles. The number of benzene rings is 1. The molecule has 1 aromatic rings. The van der Waals surface area contributed by atoms with Gasteiger partial charge < -0.3 is 4.90 Å². The van der Waals surface area contributed by atoms with Crippen LogP contribution in [0.2, 0.25) is 0 Å². The number of rotatable bonds is 1. The van der Waals surface area contributed by atoms with Crippen LogP contribution in [0.3, 0.4) is 0 Å². The number of fused-ring (bicyclic) bond motifs is 1. The molecule has 0 bridgehead atoms. The molecule has 6 heteroatoms. The maximum atomic E-state index is 12.4. The zero-order chi connectivity index (χ0) is 14.4. The summed E-state index contributed by atoms with van der Waals surface area (Å²) in [7, 11) is 0. The molecule has 1 saturated heterocycles. The van der Waals surface area contributed by atoms with Crippen molar-refractivity contribution in [2.24, 2.45) is 0 Å². The van der Waals surface area contributed by atoms with Gasteiger partial charge in [-0.1, -0.05) is 22.0 Å². The Morgan fingerprint density at radius 1 is 1.42 bits per heavy atom. The second-order valence-electron chi connectivity index (χ2n) is 4.62. The fourth-order valence-electron chi connectivity index (χ4n) is 2.47. The van der Waals surface area contributed by atoms with Crippen molar-refractivity contribution < 1.29 is 15.8 Å². The molecule has 1 N–H and O–H groups in total. The number of imide groups is 1. The van der Waals surface area contributed by atoms with E-state index in [0.717, 1.165) is 5.56 Å². The van der Waals surface area contributed by atoms with Crippen LogP contribution in [0.5, 0.6) is 0 Å². The number of carbonyl (C=O) groups excluding carboxylic acids is 3. The summed E-state index contributed by atoms with van der Waals surface area (Å²) < 4.78 is 8.28. The van der Waals surface area contributed by atoms with Crippen molar-refractivity contribution in [2.75, 3.05) is 0 Å². The van der Waals surface area contributed by atoms with Gasteiger partial charge in [0.2, 0.25) is 11.8 Å². The number of hydrogen-bond acceptors (Lipinski definition) is 3. The molecule has 1 unspecified atom stereocenters. The fraction of sp³-hybridized carbons (Fsp3) is 0.308. The van der Waals surface area contributed by atoms with Gasteiger partial charge in [0, 0.05) is 23.0 Å². The first-order valence-electron chi connectivity index (χ1n) is 6.41.